The first kappa shape index (κ1) is 15.4. The maximum atomic E-state index is 11.1. The third-order valence-corrected chi connectivity index (χ3v) is 4.13. The van der Waals surface area contributed by atoms with Crippen molar-refractivity contribution in [3.8, 4) is 5.82 Å². The zero-order valence-corrected chi connectivity index (χ0v) is 13.6. The standard InChI is InChI=1S/C13H16BrN5O2/c1-4-5-15-11-6-10(19(20)21)7-12(16-11)18-9(3)13(14)8(2)17-18/h6-7H,4-5H2,1-3H3,(H,15,16). The van der Waals surface area contributed by atoms with E-state index in [1.54, 1.807) is 4.68 Å². The van der Waals surface area contributed by atoms with E-state index in [2.05, 4.69) is 31.3 Å². The van der Waals surface area contributed by atoms with Crippen LogP contribution in [0, 0.1) is 24.0 Å². The smallest absolute Gasteiger partial charge is 0.276 e. The topological polar surface area (TPSA) is 85.9 Å². The van der Waals surface area contributed by atoms with Crippen LogP contribution >= 0.6 is 15.9 Å². The fourth-order valence-corrected chi connectivity index (χ4v) is 2.15. The average Bonchev–Trinajstić information content (AvgIpc) is 2.72. The zero-order chi connectivity index (χ0) is 15.6. The number of anilines is 1. The van der Waals surface area contributed by atoms with Crippen LogP contribution < -0.4 is 5.32 Å². The molecule has 0 fully saturated rings. The highest BCUT2D eigenvalue weighted by molar-refractivity contribution is 9.10. The molecule has 0 bridgehead atoms. The third-order valence-electron chi connectivity index (χ3n) is 2.98. The minimum atomic E-state index is -0.428. The molecule has 0 unspecified atom stereocenters. The highest BCUT2D eigenvalue weighted by Gasteiger charge is 2.16. The molecule has 0 aromatic carbocycles. The van der Waals surface area contributed by atoms with Gasteiger partial charge in [-0.1, -0.05) is 6.92 Å². The van der Waals surface area contributed by atoms with Gasteiger partial charge in [-0.15, -0.1) is 0 Å². The van der Waals surface area contributed by atoms with E-state index in [4.69, 9.17) is 0 Å². The number of nitrogens with one attached hydrogen (secondary N) is 1. The summed E-state index contributed by atoms with van der Waals surface area (Å²) >= 11 is 3.44. The van der Waals surface area contributed by atoms with Gasteiger partial charge in [0, 0.05) is 6.54 Å². The summed E-state index contributed by atoms with van der Waals surface area (Å²) in [7, 11) is 0. The van der Waals surface area contributed by atoms with E-state index < -0.39 is 4.92 Å². The van der Waals surface area contributed by atoms with Gasteiger partial charge in [-0.2, -0.15) is 5.10 Å². The zero-order valence-electron chi connectivity index (χ0n) is 12.1. The van der Waals surface area contributed by atoms with Crippen LogP contribution in [-0.2, 0) is 0 Å². The van der Waals surface area contributed by atoms with Gasteiger partial charge in [-0.3, -0.25) is 10.1 Å². The summed E-state index contributed by atoms with van der Waals surface area (Å²) in [5.74, 6) is 0.902. The molecule has 0 aliphatic carbocycles. The lowest BCUT2D eigenvalue weighted by Crippen LogP contribution is -2.08. The highest BCUT2D eigenvalue weighted by Crippen LogP contribution is 2.25. The Morgan fingerprint density at radius 1 is 1.43 bits per heavy atom. The number of nitro groups is 1. The summed E-state index contributed by atoms with van der Waals surface area (Å²) in [4.78, 5) is 15.1. The van der Waals surface area contributed by atoms with Gasteiger partial charge in [-0.25, -0.2) is 9.67 Å². The van der Waals surface area contributed by atoms with Crippen molar-refractivity contribution in [1.29, 1.82) is 0 Å². The molecule has 2 aromatic heterocycles. The molecule has 0 aliphatic heterocycles. The molecule has 0 saturated carbocycles. The Balaban J connectivity index is 2.53. The van der Waals surface area contributed by atoms with E-state index >= 15 is 0 Å². The third kappa shape index (κ3) is 3.21. The van der Waals surface area contributed by atoms with Crippen LogP contribution in [0.4, 0.5) is 11.5 Å². The Labute approximate surface area is 130 Å². The second kappa shape index (κ2) is 6.21. The average molecular weight is 354 g/mol. The van der Waals surface area contributed by atoms with E-state index in [-0.39, 0.29) is 5.69 Å². The SMILES string of the molecule is CCCNc1cc([N+](=O)[O-])cc(-n2nc(C)c(Br)c2C)n1. The Kier molecular flexibility index (Phi) is 4.56. The van der Waals surface area contributed by atoms with Gasteiger partial charge >= 0.3 is 0 Å². The fourth-order valence-electron chi connectivity index (χ4n) is 1.91. The Morgan fingerprint density at radius 3 is 2.67 bits per heavy atom. The number of rotatable bonds is 5. The lowest BCUT2D eigenvalue weighted by Gasteiger charge is -2.08. The van der Waals surface area contributed by atoms with Gasteiger partial charge in [0.25, 0.3) is 5.69 Å². The molecule has 2 heterocycles. The number of nitrogens with zero attached hydrogens (tertiary/aromatic N) is 4. The number of hydrogen-bond acceptors (Lipinski definition) is 5. The number of halogens is 1. The summed E-state index contributed by atoms with van der Waals surface area (Å²) in [6, 6.07) is 2.85. The van der Waals surface area contributed by atoms with Gasteiger partial charge in [0.2, 0.25) is 0 Å². The van der Waals surface area contributed by atoms with Crippen LogP contribution in [0.2, 0.25) is 0 Å². The Morgan fingerprint density at radius 2 is 2.14 bits per heavy atom. The van der Waals surface area contributed by atoms with Crippen molar-refractivity contribution < 1.29 is 4.92 Å². The van der Waals surface area contributed by atoms with Crippen molar-refractivity contribution in [2.24, 2.45) is 0 Å². The van der Waals surface area contributed by atoms with E-state index in [1.165, 1.54) is 12.1 Å². The normalized spacial score (nSPS) is 10.7. The molecule has 21 heavy (non-hydrogen) atoms. The molecule has 0 saturated heterocycles. The molecular formula is C13H16BrN5O2. The molecule has 0 atom stereocenters. The summed E-state index contributed by atoms with van der Waals surface area (Å²) in [5.41, 5.74) is 1.65. The molecule has 1 N–H and O–H groups in total. The quantitative estimate of drug-likeness (QED) is 0.657. The Hall–Kier alpha value is -1.96. The summed E-state index contributed by atoms with van der Waals surface area (Å²) < 4.78 is 2.47. The molecule has 112 valence electrons. The van der Waals surface area contributed by atoms with Gasteiger partial charge in [0.05, 0.1) is 32.9 Å². The number of hydrogen-bond donors (Lipinski definition) is 1. The van der Waals surface area contributed by atoms with Gasteiger partial charge in [0.15, 0.2) is 5.82 Å². The van der Waals surface area contributed by atoms with Gasteiger partial charge in [0.1, 0.15) is 5.82 Å². The van der Waals surface area contributed by atoms with Crippen molar-refractivity contribution in [2.45, 2.75) is 27.2 Å². The van der Waals surface area contributed by atoms with E-state index in [0.717, 1.165) is 22.3 Å². The largest absolute Gasteiger partial charge is 0.370 e. The lowest BCUT2D eigenvalue weighted by molar-refractivity contribution is -0.384. The minimum Gasteiger partial charge on any atom is -0.370 e. The summed E-state index contributed by atoms with van der Waals surface area (Å²) in [6.45, 7) is 6.46. The van der Waals surface area contributed by atoms with Crippen LogP contribution in [0.15, 0.2) is 16.6 Å². The second-order valence-corrected chi connectivity index (χ2v) is 5.44. The van der Waals surface area contributed by atoms with Crippen molar-refractivity contribution in [1.82, 2.24) is 14.8 Å². The van der Waals surface area contributed by atoms with Crippen LogP contribution in [0.5, 0.6) is 0 Å². The monoisotopic (exact) mass is 353 g/mol. The van der Waals surface area contributed by atoms with Crippen LogP contribution in [0.1, 0.15) is 24.7 Å². The van der Waals surface area contributed by atoms with Crippen LogP contribution in [0.25, 0.3) is 5.82 Å². The second-order valence-electron chi connectivity index (χ2n) is 4.65. The predicted molar refractivity (Wildman–Crippen MR) is 84.0 cm³/mol. The van der Waals surface area contributed by atoms with Crippen LogP contribution in [0.3, 0.4) is 0 Å². The maximum Gasteiger partial charge on any atom is 0.276 e. The number of pyridine rings is 1. The van der Waals surface area contributed by atoms with Crippen molar-refractivity contribution >= 4 is 27.4 Å². The molecule has 0 aliphatic rings. The highest BCUT2D eigenvalue weighted by atomic mass is 79.9. The van der Waals surface area contributed by atoms with E-state index in [0.29, 0.717) is 18.2 Å². The van der Waals surface area contributed by atoms with Crippen LogP contribution in [-0.4, -0.2) is 26.2 Å². The molecule has 8 heteroatoms. The Bertz CT molecular complexity index is 683. The van der Waals surface area contributed by atoms with E-state index in [1.807, 2.05) is 20.8 Å². The van der Waals surface area contributed by atoms with Gasteiger partial charge < -0.3 is 5.32 Å². The van der Waals surface area contributed by atoms with Crippen molar-refractivity contribution in [3.05, 3.63) is 38.1 Å². The summed E-state index contributed by atoms with van der Waals surface area (Å²) in [5, 5.41) is 18.5. The van der Waals surface area contributed by atoms with E-state index in [9.17, 15) is 10.1 Å². The predicted octanol–water partition coefficient (Wildman–Crippen LogP) is 3.38. The molecule has 2 rings (SSSR count). The molecule has 7 nitrogen and oxygen atoms in total. The maximum absolute atomic E-state index is 11.1. The molecule has 2 aromatic rings. The van der Waals surface area contributed by atoms with Gasteiger partial charge in [-0.05, 0) is 36.2 Å². The first-order chi connectivity index (χ1) is 9.93. The first-order valence-corrected chi connectivity index (χ1v) is 7.35. The van der Waals surface area contributed by atoms with Crippen molar-refractivity contribution in [3.63, 3.8) is 0 Å². The summed E-state index contributed by atoms with van der Waals surface area (Å²) in [6.07, 6.45) is 0.908. The van der Waals surface area contributed by atoms with Crippen molar-refractivity contribution in [2.75, 3.05) is 11.9 Å². The minimum absolute atomic E-state index is 0.0118. The molecule has 0 spiro atoms. The number of aromatic nitrogens is 3. The molecule has 0 radical (unpaired) electrons. The molecular weight excluding hydrogens is 338 g/mol. The molecule has 0 amide bonds. The lowest BCUT2D eigenvalue weighted by atomic mass is 10.3. The fraction of sp³-hybridized carbons (Fsp3) is 0.385. The first-order valence-electron chi connectivity index (χ1n) is 6.56. The number of aryl methyl sites for hydroxylation is 1.